The number of nitrogens with one attached hydrogen (secondary N) is 1. The maximum Gasteiger partial charge on any atom is 0.348 e. The van der Waals surface area contributed by atoms with Crippen LogP contribution in [0.25, 0.3) is 0 Å². The molecule has 0 aliphatic rings. The molecule has 0 aromatic carbocycles. The van der Waals surface area contributed by atoms with E-state index >= 15 is 0 Å². The van der Waals surface area contributed by atoms with Crippen molar-refractivity contribution < 1.29 is 14.3 Å². The van der Waals surface area contributed by atoms with E-state index < -0.39 is 5.97 Å². The lowest BCUT2D eigenvalue weighted by molar-refractivity contribution is -0.116. The third-order valence-corrected chi connectivity index (χ3v) is 3.89. The zero-order chi connectivity index (χ0) is 15.4. The number of thiophene rings is 1. The Labute approximate surface area is 126 Å². The van der Waals surface area contributed by atoms with Gasteiger partial charge in [0.25, 0.3) is 0 Å². The molecular formula is C14H17N3O3S. The normalized spacial score (nSPS) is 10.4. The molecule has 2 heterocycles. The highest BCUT2D eigenvalue weighted by atomic mass is 32.1. The molecule has 2 aromatic heterocycles. The second-order valence-corrected chi connectivity index (χ2v) is 5.69. The number of ether oxygens (including phenoxy) is 1. The maximum absolute atomic E-state index is 11.9. The summed E-state index contributed by atoms with van der Waals surface area (Å²) in [5.41, 5.74) is 1.97. The van der Waals surface area contributed by atoms with Crippen molar-refractivity contribution in [2.45, 2.75) is 26.8 Å². The summed E-state index contributed by atoms with van der Waals surface area (Å²) in [4.78, 5) is 23.7. The van der Waals surface area contributed by atoms with Crippen molar-refractivity contribution >= 4 is 28.2 Å². The van der Waals surface area contributed by atoms with Crippen LogP contribution in [0.2, 0.25) is 0 Å². The molecule has 21 heavy (non-hydrogen) atoms. The number of aryl methyl sites for hydroxylation is 3. The molecule has 0 bridgehead atoms. The van der Waals surface area contributed by atoms with E-state index in [9.17, 15) is 9.59 Å². The first kappa shape index (κ1) is 15.2. The number of rotatable bonds is 5. The van der Waals surface area contributed by atoms with Gasteiger partial charge in [-0.3, -0.25) is 9.48 Å². The minimum atomic E-state index is -0.400. The van der Waals surface area contributed by atoms with Crippen LogP contribution < -0.4 is 5.32 Å². The minimum Gasteiger partial charge on any atom is -0.465 e. The molecule has 0 fully saturated rings. The summed E-state index contributed by atoms with van der Waals surface area (Å²) in [6.45, 7) is 4.41. The molecule has 2 rings (SSSR count). The predicted octanol–water partition coefficient (Wildman–Crippen LogP) is 2.38. The lowest BCUT2D eigenvalue weighted by Crippen LogP contribution is -2.15. The molecular weight excluding hydrogens is 290 g/mol. The number of amides is 1. The standard InChI is InChI=1S/C14H17N3O3S/c1-9-8-10(2)17(16-9)7-6-12(18)15-13-5-4-11(21-13)14(19)20-3/h4-5,8H,6-7H2,1-3H3,(H,15,18). The average molecular weight is 307 g/mol. The van der Waals surface area contributed by atoms with Gasteiger partial charge in [0, 0.05) is 18.7 Å². The highest BCUT2D eigenvalue weighted by molar-refractivity contribution is 7.18. The summed E-state index contributed by atoms with van der Waals surface area (Å²) >= 11 is 1.19. The van der Waals surface area contributed by atoms with Crippen molar-refractivity contribution in [1.29, 1.82) is 0 Å². The fourth-order valence-corrected chi connectivity index (χ4v) is 2.76. The Morgan fingerprint density at radius 1 is 1.38 bits per heavy atom. The number of carbonyl (C=O) groups is 2. The van der Waals surface area contributed by atoms with Crippen LogP contribution in [-0.2, 0) is 16.1 Å². The van der Waals surface area contributed by atoms with Gasteiger partial charge >= 0.3 is 5.97 Å². The lowest BCUT2D eigenvalue weighted by Gasteiger charge is -2.04. The Bertz CT molecular complexity index is 660. The molecule has 0 atom stereocenters. The summed E-state index contributed by atoms with van der Waals surface area (Å²) in [6, 6.07) is 5.30. The molecule has 6 nitrogen and oxygen atoms in total. The molecule has 0 aliphatic heterocycles. The van der Waals surface area contributed by atoms with Crippen molar-refractivity contribution in [3.05, 3.63) is 34.5 Å². The van der Waals surface area contributed by atoms with Crippen LogP contribution in [0.5, 0.6) is 0 Å². The molecule has 0 unspecified atom stereocenters. The lowest BCUT2D eigenvalue weighted by atomic mass is 10.3. The molecule has 0 saturated carbocycles. The third kappa shape index (κ3) is 3.91. The van der Waals surface area contributed by atoms with Gasteiger partial charge in [0.15, 0.2) is 0 Å². The van der Waals surface area contributed by atoms with E-state index in [2.05, 4.69) is 15.2 Å². The van der Waals surface area contributed by atoms with E-state index in [-0.39, 0.29) is 5.91 Å². The van der Waals surface area contributed by atoms with Crippen molar-refractivity contribution in [2.75, 3.05) is 12.4 Å². The van der Waals surface area contributed by atoms with Gasteiger partial charge in [-0.1, -0.05) is 0 Å². The first-order chi connectivity index (χ1) is 9.99. The van der Waals surface area contributed by atoms with Crippen LogP contribution in [0.1, 0.15) is 27.5 Å². The number of anilines is 1. The SMILES string of the molecule is COC(=O)c1ccc(NC(=O)CCn2nc(C)cc2C)s1. The Hall–Kier alpha value is -2.15. The minimum absolute atomic E-state index is 0.110. The first-order valence-corrected chi connectivity index (χ1v) is 7.30. The van der Waals surface area contributed by atoms with Crippen LogP contribution in [0.4, 0.5) is 5.00 Å². The molecule has 0 radical (unpaired) electrons. The van der Waals surface area contributed by atoms with Gasteiger partial charge in [-0.2, -0.15) is 5.10 Å². The molecule has 0 spiro atoms. The van der Waals surface area contributed by atoms with Gasteiger partial charge in [0.2, 0.25) is 5.91 Å². The number of nitrogens with zero attached hydrogens (tertiary/aromatic N) is 2. The van der Waals surface area contributed by atoms with E-state index in [0.717, 1.165) is 11.4 Å². The molecule has 0 saturated heterocycles. The smallest absolute Gasteiger partial charge is 0.348 e. The van der Waals surface area contributed by atoms with Crippen LogP contribution in [0, 0.1) is 13.8 Å². The Kier molecular flexibility index (Phi) is 4.74. The summed E-state index contributed by atoms with van der Waals surface area (Å²) in [5.74, 6) is -0.510. The molecule has 2 aromatic rings. The van der Waals surface area contributed by atoms with E-state index in [4.69, 9.17) is 0 Å². The number of esters is 1. The van der Waals surface area contributed by atoms with E-state index in [1.54, 1.807) is 12.1 Å². The maximum atomic E-state index is 11.9. The van der Waals surface area contributed by atoms with E-state index in [1.165, 1.54) is 18.4 Å². The van der Waals surface area contributed by atoms with Gasteiger partial charge in [0.1, 0.15) is 4.88 Å². The predicted molar refractivity (Wildman–Crippen MR) is 80.6 cm³/mol. The van der Waals surface area contributed by atoms with Crippen LogP contribution in [-0.4, -0.2) is 28.8 Å². The molecule has 112 valence electrons. The summed E-state index contributed by atoms with van der Waals surface area (Å²) in [6.07, 6.45) is 0.327. The van der Waals surface area contributed by atoms with Crippen molar-refractivity contribution in [3.63, 3.8) is 0 Å². The van der Waals surface area contributed by atoms with Gasteiger partial charge in [0.05, 0.1) is 17.8 Å². The van der Waals surface area contributed by atoms with E-state index in [1.807, 2.05) is 24.6 Å². The summed E-state index contributed by atoms with van der Waals surface area (Å²) in [5, 5.41) is 7.71. The topological polar surface area (TPSA) is 73.2 Å². The zero-order valence-electron chi connectivity index (χ0n) is 12.2. The van der Waals surface area contributed by atoms with E-state index in [0.29, 0.717) is 22.8 Å². The van der Waals surface area contributed by atoms with Gasteiger partial charge < -0.3 is 10.1 Å². The number of carbonyl (C=O) groups excluding carboxylic acids is 2. The Balaban J connectivity index is 1.88. The largest absolute Gasteiger partial charge is 0.465 e. The quantitative estimate of drug-likeness (QED) is 0.861. The fraction of sp³-hybridized carbons (Fsp3) is 0.357. The number of methoxy groups -OCH3 is 1. The second-order valence-electron chi connectivity index (χ2n) is 4.60. The highest BCUT2D eigenvalue weighted by Crippen LogP contribution is 2.22. The zero-order valence-corrected chi connectivity index (χ0v) is 13.0. The van der Waals surface area contributed by atoms with Crippen molar-refractivity contribution in [1.82, 2.24) is 9.78 Å². The number of hydrogen-bond acceptors (Lipinski definition) is 5. The van der Waals surface area contributed by atoms with Gasteiger partial charge in [-0.05, 0) is 32.0 Å². The monoisotopic (exact) mass is 307 g/mol. The average Bonchev–Trinajstić information content (AvgIpc) is 3.02. The molecule has 1 amide bonds. The van der Waals surface area contributed by atoms with Crippen molar-refractivity contribution in [2.24, 2.45) is 0 Å². The highest BCUT2D eigenvalue weighted by Gasteiger charge is 2.11. The summed E-state index contributed by atoms with van der Waals surface area (Å²) in [7, 11) is 1.33. The molecule has 7 heteroatoms. The molecule has 0 aliphatic carbocycles. The van der Waals surface area contributed by atoms with Crippen molar-refractivity contribution in [3.8, 4) is 0 Å². The number of aromatic nitrogens is 2. The van der Waals surface area contributed by atoms with Gasteiger partial charge in [-0.15, -0.1) is 11.3 Å². The van der Waals surface area contributed by atoms with Crippen LogP contribution >= 0.6 is 11.3 Å². The Morgan fingerprint density at radius 2 is 2.14 bits per heavy atom. The van der Waals surface area contributed by atoms with Crippen LogP contribution in [0.15, 0.2) is 18.2 Å². The second kappa shape index (κ2) is 6.53. The first-order valence-electron chi connectivity index (χ1n) is 6.48. The number of hydrogen-bond donors (Lipinski definition) is 1. The third-order valence-electron chi connectivity index (χ3n) is 2.91. The van der Waals surface area contributed by atoms with Gasteiger partial charge in [-0.25, -0.2) is 4.79 Å². The van der Waals surface area contributed by atoms with Crippen LogP contribution in [0.3, 0.4) is 0 Å². The fourth-order valence-electron chi connectivity index (χ4n) is 1.92. The molecule has 1 N–H and O–H groups in total. The Morgan fingerprint density at radius 3 is 2.76 bits per heavy atom. The summed E-state index contributed by atoms with van der Waals surface area (Å²) < 4.78 is 6.43.